The lowest BCUT2D eigenvalue weighted by Gasteiger charge is -2.21. The first-order valence-electron chi connectivity index (χ1n) is 9.81. The fourth-order valence-electron chi connectivity index (χ4n) is 4.56. The molecule has 1 fully saturated rings. The molecule has 2 aliphatic rings. The molecule has 3 aromatic rings. The van der Waals surface area contributed by atoms with Crippen molar-refractivity contribution in [3.05, 3.63) is 46.6 Å². The van der Waals surface area contributed by atoms with Crippen molar-refractivity contribution in [2.24, 2.45) is 0 Å². The molecule has 6 heteroatoms. The van der Waals surface area contributed by atoms with E-state index in [1.54, 1.807) is 0 Å². The topological polar surface area (TPSA) is 62.1 Å². The maximum Gasteiger partial charge on any atom is 0.234 e. The molecule has 0 aromatic carbocycles. The number of hydrogen-bond donors (Lipinski definition) is 1. The van der Waals surface area contributed by atoms with E-state index in [9.17, 15) is 0 Å². The van der Waals surface area contributed by atoms with Gasteiger partial charge in [0.1, 0.15) is 5.82 Å². The van der Waals surface area contributed by atoms with Gasteiger partial charge in [-0.3, -0.25) is 9.30 Å². The Kier molecular flexibility index (Phi) is 3.81. The van der Waals surface area contributed by atoms with Crippen LogP contribution in [0, 0.1) is 13.8 Å². The molecule has 0 radical (unpaired) electrons. The molecule has 1 N–H and O–H groups in total. The largest absolute Gasteiger partial charge is 0.344 e. The van der Waals surface area contributed by atoms with E-state index < -0.39 is 0 Å². The van der Waals surface area contributed by atoms with Crippen molar-refractivity contribution >= 4 is 5.78 Å². The molecule has 136 valence electrons. The lowest BCUT2D eigenvalue weighted by Crippen LogP contribution is -2.23. The lowest BCUT2D eigenvalue weighted by molar-refractivity contribution is 0.238. The number of H-pyrrole nitrogens is 1. The fraction of sp³-hybridized carbons (Fsp3) is 0.550. The molecule has 0 spiro atoms. The van der Waals surface area contributed by atoms with Gasteiger partial charge in [0.25, 0.3) is 0 Å². The van der Waals surface area contributed by atoms with E-state index in [1.807, 2.05) is 6.92 Å². The Bertz CT molecular complexity index is 929. The van der Waals surface area contributed by atoms with Gasteiger partial charge in [-0.15, -0.1) is 0 Å². The second-order valence-electron chi connectivity index (χ2n) is 7.82. The van der Waals surface area contributed by atoms with Gasteiger partial charge in [0.15, 0.2) is 0 Å². The van der Waals surface area contributed by atoms with Gasteiger partial charge in [0.05, 0.1) is 17.4 Å². The van der Waals surface area contributed by atoms with E-state index in [1.165, 1.54) is 48.6 Å². The molecule has 0 saturated carbocycles. The molecule has 0 amide bonds. The van der Waals surface area contributed by atoms with Crippen LogP contribution in [0.5, 0.6) is 0 Å². The van der Waals surface area contributed by atoms with Gasteiger partial charge in [0, 0.05) is 29.8 Å². The summed E-state index contributed by atoms with van der Waals surface area (Å²) in [6.07, 6.45) is 9.39. The second kappa shape index (κ2) is 6.20. The van der Waals surface area contributed by atoms with Crippen LogP contribution in [0.25, 0.3) is 5.78 Å². The van der Waals surface area contributed by atoms with Gasteiger partial charge in [0.2, 0.25) is 5.78 Å². The molecule has 1 aliphatic heterocycles. The number of likely N-dealkylation sites (tertiary alicyclic amines) is 1. The predicted molar refractivity (Wildman–Crippen MR) is 100 cm³/mol. The average molecular weight is 350 g/mol. The number of fused-ring (bicyclic) bond motifs is 2. The van der Waals surface area contributed by atoms with Gasteiger partial charge >= 0.3 is 0 Å². The maximum absolute atomic E-state index is 4.96. The number of imidazole rings is 2. The zero-order valence-corrected chi connectivity index (χ0v) is 15.6. The summed E-state index contributed by atoms with van der Waals surface area (Å²) < 4.78 is 2.10. The third-order valence-corrected chi connectivity index (χ3v) is 5.83. The highest BCUT2D eigenvalue weighted by Gasteiger charge is 2.30. The molecule has 1 aliphatic carbocycles. The Morgan fingerprint density at radius 3 is 2.88 bits per heavy atom. The Balaban J connectivity index is 1.41. The molecule has 4 heterocycles. The number of rotatable bonds is 3. The number of nitrogens with zero attached hydrogens (tertiary/aromatic N) is 5. The van der Waals surface area contributed by atoms with Crippen molar-refractivity contribution in [2.75, 3.05) is 6.54 Å². The van der Waals surface area contributed by atoms with Crippen LogP contribution in [0.15, 0.2) is 12.3 Å². The Labute approximate surface area is 153 Å². The van der Waals surface area contributed by atoms with E-state index in [4.69, 9.17) is 9.97 Å². The highest BCUT2D eigenvalue weighted by Crippen LogP contribution is 2.33. The number of aryl methyl sites for hydroxylation is 4. The quantitative estimate of drug-likeness (QED) is 0.787. The molecule has 0 bridgehead atoms. The predicted octanol–water partition coefficient (Wildman–Crippen LogP) is 3.29. The van der Waals surface area contributed by atoms with Crippen LogP contribution in [0.4, 0.5) is 0 Å². The normalized spacial score (nSPS) is 20.8. The van der Waals surface area contributed by atoms with E-state index in [0.29, 0.717) is 6.04 Å². The van der Waals surface area contributed by atoms with E-state index >= 15 is 0 Å². The van der Waals surface area contributed by atoms with Crippen LogP contribution >= 0.6 is 0 Å². The summed E-state index contributed by atoms with van der Waals surface area (Å²) in [5.74, 6) is 1.98. The summed E-state index contributed by atoms with van der Waals surface area (Å²) in [7, 11) is 0. The number of hydrogen-bond acceptors (Lipinski definition) is 4. The van der Waals surface area contributed by atoms with Crippen LogP contribution in [0.2, 0.25) is 0 Å². The molecule has 6 nitrogen and oxygen atoms in total. The van der Waals surface area contributed by atoms with Crippen LogP contribution in [-0.2, 0) is 19.4 Å². The van der Waals surface area contributed by atoms with Crippen LogP contribution in [0.1, 0.15) is 66.0 Å². The SMILES string of the molecule is Cc1cc(C)n2cc(CN3CCC[C@@H]3c3nc4c([nH]3)CCCC4)nc2n1. The third kappa shape index (κ3) is 2.72. The minimum absolute atomic E-state index is 0.390. The highest BCUT2D eigenvalue weighted by molar-refractivity contribution is 5.34. The van der Waals surface area contributed by atoms with Crippen LogP contribution in [-0.4, -0.2) is 35.8 Å². The minimum Gasteiger partial charge on any atom is -0.344 e. The first-order chi connectivity index (χ1) is 12.7. The van der Waals surface area contributed by atoms with E-state index in [-0.39, 0.29) is 0 Å². The van der Waals surface area contributed by atoms with Crippen molar-refractivity contribution in [1.29, 1.82) is 0 Å². The average Bonchev–Trinajstić information content (AvgIpc) is 3.31. The van der Waals surface area contributed by atoms with Crippen molar-refractivity contribution in [1.82, 2.24) is 29.2 Å². The highest BCUT2D eigenvalue weighted by atomic mass is 15.2. The van der Waals surface area contributed by atoms with Gasteiger partial charge in [-0.2, -0.15) is 0 Å². The number of nitrogens with one attached hydrogen (secondary N) is 1. The van der Waals surface area contributed by atoms with Crippen molar-refractivity contribution in [3.8, 4) is 0 Å². The first-order valence-corrected chi connectivity index (χ1v) is 9.81. The molecule has 1 atom stereocenters. The van der Waals surface area contributed by atoms with Crippen molar-refractivity contribution in [3.63, 3.8) is 0 Å². The number of aromatic amines is 1. The molecule has 0 unspecified atom stereocenters. The minimum atomic E-state index is 0.390. The first kappa shape index (κ1) is 16.0. The monoisotopic (exact) mass is 350 g/mol. The Morgan fingerprint density at radius 2 is 2.00 bits per heavy atom. The standard InChI is InChI=1S/C20H26N6/c1-13-10-14(2)26-12-15(22-20(26)21-13)11-25-9-5-8-18(25)19-23-16-6-3-4-7-17(16)24-19/h10,12,18H,3-9,11H2,1-2H3,(H,23,24)/t18-/m1/s1. The van der Waals surface area contributed by atoms with Crippen LogP contribution < -0.4 is 0 Å². The van der Waals surface area contributed by atoms with E-state index in [0.717, 1.165) is 43.1 Å². The lowest BCUT2D eigenvalue weighted by atomic mass is 10.0. The summed E-state index contributed by atoms with van der Waals surface area (Å²) in [4.78, 5) is 20.5. The molecular formula is C20H26N6. The van der Waals surface area contributed by atoms with Gasteiger partial charge in [-0.1, -0.05) is 0 Å². The molecule has 3 aromatic heterocycles. The second-order valence-corrected chi connectivity index (χ2v) is 7.82. The van der Waals surface area contributed by atoms with Crippen molar-refractivity contribution in [2.45, 2.75) is 65.0 Å². The number of aromatic nitrogens is 5. The third-order valence-electron chi connectivity index (χ3n) is 5.83. The molecule has 5 rings (SSSR count). The smallest absolute Gasteiger partial charge is 0.234 e. The zero-order valence-electron chi connectivity index (χ0n) is 15.6. The van der Waals surface area contributed by atoms with Gasteiger partial charge < -0.3 is 4.98 Å². The molecule has 26 heavy (non-hydrogen) atoms. The zero-order chi connectivity index (χ0) is 17.7. The Hall–Kier alpha value is -2.21. The van der Waals surface area contributed by atoms with Gasteiger partial charge in [-0.25, -0.2) is 15.0 Å². The Morgan fingerprint density at radius 1 is 1.12 bits per heavy atom. The van der Waals surface area contributed by atoms with Crippen LogP contribution in [0.3, 0.4) is 0 Å². The van der Waals surface area contributed by atoms with Crippen molar-refractivity contribution < 1.29 is 0 Å². The fourth-order valence-corrected chi connectivity index (χ4v) is 4.56. The molecular weight excluding hydrogens is 324 g/mol. The van der Waals surface area contributed by atoms with Gasteiger partial charge in [-0.05, 0) is 65.0 Å². The molecule has 1 saturated heterocycles. The summed E-state index contributed by atoms with van der Waals surface area (Å²) in [5, 5.41) is 0. The summed E-state index contributed by atoms with van der Waals surface area (Å²) in [5.41, 5.74) is 5.98. The summed E-state index contributed by atoms with van der Waals surface area (Å²) in [6.45, 7) is 6.10. The van der Waals surface area contributed by atoms with E-state index in [2.05, 4.69) is 38.5 Å². The summed E-state index contributed by atoms with van der Waals surface area (Å²) in [6, 6.07) is 2.49. The summed E-state index contributed by atoms with van der Waals surface area (Å²) >= 11 is 0. The maximum atomic E-state index is 4.96.